The molecule has 3 nitrogen and oxygen atoms in total. The van der Waals surface area contributed by atoms with Crippen LogP contribution in [0.5, 0.6) is 0 Å². The summed E-state index contributed by atoms with van der Waals surface area (Å²) in [7, 11) is 0. The fourth-order valence-corrected chi connectivity index (χ4v) is 3.37. The summed E-state index contributed by atoms with van der Waals surface area (Å²) in [5, 5.41) is 4.22. The van der Waals surface area contributed by atoms with Crippen molar-refractivity contribution in [3.63, 3.8) is 0 Å². The van der Waals surface area contributed by atoms with Crippen LogP contribution in [0.4, 0.5) is 0 Å². The van der Waals surface area contributed by atoms with Crippen LogP contribution in [0.25, 0.3) is 0 Å². The first kappa shape index (κ1) is 9.72. The van der Waals surface area contributed by atoms with Crippen molar-refractivity contribution in [2.24, 2.45) is 0 Å². The van der Waals surface area contributed by atoms with Gasteiger partial charge < -0.3 is 0 Å². The Morgan fingerprint density at radius 1 is 1.69 bits per heavy atom. The summed E-state index contributed by atoms with van der Waals surface area (Å²) in [6, 6.07) is 2.02. The van der Waals surface area contributed by atoms with Gasteiger partial charge in [0.05, 0.1) is 0 Å². The molecule has 1 unspecified atom stereocenters. The number of aromatic nitrogens is 2. The molecule has 1 fully saturated rings. The van der Waals surface area contributed by atoms with Crippen molar-refractivity contribution >= 4 is 45.0 Å². The number of hydrogen-bond donors (Lipinski definition) is 0. The fraction of sp³-hybridized carbons (Fsp3) is 0.500. The Hall–Kier alpha value is 0.178. The molecule has 1 saturated carbocycles. The second-order valence-electron chi connectivity index (χ2n) is 3.26. The molecule has 1 atom stereocenters. The van der Waals surface area contributed by atoms with E-state index in [1.54, 1.807) is 23.3 Å². The van der Waals surface area contributed by atoms with Crippen LogP contribution < -0.4 is 0 Å². The zero-order chi connectivity index (χ0) is 9.42. The summed E-state index contributed by atoms with van der Waals surface area (Å²) in [6.07, 6.45) is 2.41. The van der Waals surface area contributed by atoms with Gasteiger partial charge in [0.1, 0.15) is 0 Å². The quantitative estimate of drug-likeness (QED) is 0.719. The molecular weight excluding hydrogens is 342 g/mol. The molecular formula is C8H8BrN2OSb. The Kier molecular flexibility index (Phi) is 2.80. The van der Waals surface area contributed by atoms with Gasteiger partial charge in [-0.05, 0) is 0 Å². The molecule has 1 aromatic rings. The number of carbonyl (C=O) groups is 1. The molecule has 1 heterocycles. The van der Waals surface area contributed by atoms with Crippen LogP contribution in [0.15, 0.2) is 10.7 Å². The molecule has 13 heavy (non-hydrogen) atoms. The number of ketones is 1. The van der Waals surface area contributed by atoms with Crippen molar-refractivity contribution in [1.82, 2.24) is 7.94 Å². The Morgan fingerprint density at radius 2 is 2.46 bits per heavy atom. The third-order valence-corrected chi connectivity index (χ3v) is 3.65. The average molecular weight is 350 g/mol. The SMILES string of the molecule is O=C1CCC(c2cc(Br)n[n]2[Sb])C1. The normalized spacial score (nSPS) is 22.6. The molecule has 1 aromatic heterocycles. The van der Waals surface area contributed by atoms with Gasteiger partial charge in [-0.2, -0.15) is 0 Å². The first-order valence-electron chi connectivity index (χ1n) is 4.13. The Morgan fingerprint density at radius 3 is 2.92 bits per heavy atom. The molecule has 0 spiro atoms. The molecule has 5 heteroatoms. The molecule has 2 radical (unpaired) electrons. The summed E-state index contributed by atoms with van der Waals surface area (Å²) in [4.78, 5) is 11.1. The van der Waals surface area contributed by atoms with Crippen molar-refractivity contribution in [3.05, 3.63) is 16.4 Å². The van der Waals surface area contributed by atoms with E-state index in [0.29, 0.717) is 18.1 Å². The summed E-state index contributed by atoms with van der Waals surface area (Å²) in [5.41, 5.74) is 1.19. The molecule has 0 amide bonds. The molecule has 2 rings (SSSR count). The number of rotatable bonds is 1. The molecule has 0 aromatic carbocycles. The van der Waals surface area contributed by atoms with E-state index < -0.39 is 0 Å². The first-order valence-corrected chi connectivity index (χ1v) is 6.06. The summed E-state index contributed by atoms with van der Waals surface area (Å²) < 4.78 is 2.77. The number of carbonyl (C=O) groups excluding carboxylic acids is 1. The number of hydrogen-bond acceptors (Lipinski definition) is 2. The predicted molar refractivity (Wildman–Crippen MR) is 52.7 cm³/mol. The molecule has 0 saturated heterocycles. The van der Waals surface area contributed by atoms with E-state index in [1.165, 1.54) is 5.69 Å². The predicted octanol–water partition coefficient (Wildman–Crippen LogP) is 1.41. The minimum atomic E-state index is 0.383. The van der Waals surface area contributed by atoms with Crippen molar-refractivity contribution in [2.75, 3.05) is 0 Å². The third kappa shape index (κ3) is 1.99. The summed E-state index contributed by atoms with van der Waals surface area (Å²) in [5.74, 6) is 0.781. The summed E-state index contributed by atoms with van der Waals surface area (Å²) >= 11 is 4.88. The van der Waals surface area contributed by atoms with Gasteiger partial charge in [-0.15, -0.1) is 0 Å². The first-order chi connectivity index (χ1) is 6.16. The fourth-order valence-electron chi connectivity index (χ4n) is 1.70. The Balaban J connectivity index is 2.25. The maximum atomic E-state index is 11.1. The molecule has 0 bridgehead atoms. The van der Waals surface area contributed by atoms with E-state index in [2.05, 4.69) is 21.0 Å². The summed E-state index contributed by atoms with van der Waals surface area (Å²) in [6.45, 7) is 0. The maximum absolute atomic E-state index is 11.1. The van der Waals surface area contributed by atoms with Gasteiger partial charge in [-0.3, -0.25) is 0 Å². The Labute approximate surface area is 98.9 Å². The standard InChI is InChI=1S/C8H8BrN2O.Sb/c9-8-4-7(10-11-8)5-1-2-6(12)3-5;/h4-5H,1-3H2;/q-1;+1. The van der Waals surface area contributed by atoms with Crippen LogP contribution in [0.3, 0.4) is 0 Å². The van der Waals surface area contributed by atoms with Gasteiger partial charge in [0.2, 0.25) is 0 Å². The zero-order valence-corrected chi connectivity index (χ0v) is 11.0. The average Bonchev–Trinajstić information content (AvgIpc) is 2.58. The molecule has 1 aliphatic rings. The van der Waals surface area contributed by atoms with Gasteiger partial charge in [-0.1, -0.05) is 0 Å². The number of halogens is 1. The van der Waals surface area contributed by atoms with Crippen LogP contribution >= 0.6 is 15.9 Å². The molecule has 0 N–H and O–H groups in total. The second kappa shape index (κ2) is 3.74. The van der Waals surface area contributed by atoms with Gasteiger partial charge in [0.25, 0.3) is 0 Å². The van der Waals surface area contributed by atoms with Crippen LogP contribution in [0.2, 0.25) is 0 Å². The topological polar surface area (TPSA) is 34.9 Å². The minimum absolute atomic E-state index is 0.383. The van der Waals surface area contributed by atoms with Gasteiger partial charge in [0, 0.05) is 0 Å². The van der Waals surface area contributed by atoms with Crippen molar-refractivity contribution in [1.29, 1.82) is 0 Å². The molecule has 68 valence electrons. The number of Topliss-reactive ketones (excluding diaryl/α,β-unsaturated/α-hetero) is 1. The molecule has 1 aliphatic carbocycles. The van der Waals surface area contributed by atoms with Gasteiger partial charge in [-0.25, -0.2) is 0 Å². The number of nitrogens with zero attached hydrogens (tertiary/aromatic N) is 2. The van der Waals surface area contributed by atoms with E-state index in [-0.39, 0.29) is 0 Å². The van der Waals surface area contributed by atoms with Crippen LogP contribution in [-0.2, 0) is 4.79 Å². The zero-order valence-electron chi connectivity index (χ0n) is 6.90. The second-order valence-corrected chi connectivity index (χ2v) is 5.15. The van der Waals surface area contributed by atoms with E-state index >= 15 is 0 Å². The van der Waals surface area contributed by atoms with Gasteiger partial charge >= 0.3 is 99.3 Å². The van der Waals surface area contributed by atoms with E-state index in [0.717, 1.165) is 17.4 Å². The van der Waals surface area contributed by atoms with Crippen LogP contribution in [0, 0.1) is 0 Å². The van der Waals surface area contributed by atoms with Crippen molar-refractivity contribution < 1.29 is 4.79 Å². The van der Waals surface area contributed by atoms with Crippen molar-refractivity contribution in [3.8, 4) is 0 Å². The third-order valence-electron chi connectivity index (χ3n) is 2.35. The van der Waals surface area contributed by atoms with E-state index in [4.69, 9.17) is 0 Å². The molecule has 0 aliphatic heterocycles. The Bertz CT molecular complexity index is 350. The monoisotopic (exact) mass is 348 g/mol. The van der Waals surface area contributed by atoms with E-state index in [1.807, 2.05) is 8.91 Å². The van der Waals surface area contributed by atoms with E-state index in [9.17, 15) is 4.79 Å². The van der Waals surface area contributed by atoms with Gasteiger partial charge in [0.15, 0.2) is 0 Å². The van der Waals surface area contributed by atoms with Crippen LogP contribution in [-0.4, -0.2) is 37.0 Å². The van der Waals surface area contributed by atoms with Crippen LogP contribution in [0.1, 0.15) is 30.9 Å². The van der Waals surface area contributed by atoms with Crippen molar-refractivity contribution in [2.45, 2.75) is 25.2 Å².